The molecule has 0 fully saturated rings. The van der Waals surface area contributed by atoms with Crippen molar-refractivity contribution < 1.29 is 14.2 Å². The van der Waals surface area contributed by atoms with Gasteiger partial charge in [0.05, 0.1) is 7.11 Å². The highest BCUT2D eigenvalue weighted by atomic mass is 19.1. The highest BCUT2D eigenvalue weighted by molar-refractivity contribution is 5.28. The zero-order valence-electron chi connectivity index (χ0n) is 12.2. The zero-order valence-corrected chi connectivity index (χ0v) is 12.2. The van der Waals surface area contributed by atoms with E-state index in [1.165, 1.54) is 13.2 Å². The van der Waals surface area contributed by atoms with Crippen LogP contribution in [0.25, 0.3) is 0 Å². The molecule has 0 aliphatic heterocycles. The van der Waals surface area contributed by atoms with E-state index in [0.29, 0.717) is 24.3 Å². The van der Waals surface area contributed by atoms with E-state index in [-0.39, 0.29) is 23.9 Å². The number of benzene rings is 1. The number of methoxy groups -OCH3 is 1. The van der Waals surface area contributed by atoms with Gasteiger partial charge in [-0.1, -0.05) is 26.8 Å². The predicted octanol–water partition coefficient (Wildman–Crippen LogP) is 2.72. The molecular formula is C15H24FNO2. The van der Waals surface area contributed by atoms with Crippen LogP contribution in [-0.2, 0) is 6.54 Å². The summed E-state index contributed by atoms with van der Waals surface area (Å²) in [5.74, 6) is 0.243. The van der Waals surface area contributed by atoms with Crippen LogP contribution in [0.2, 0.25) is 0 Å². The minimum absolute atomic E-state index is 0.0195. The van der Waals surface area contributed by atoms with Gasteiger partial charge in [-0.3, -0.25) is 0 Å². The van der Waals surface area contributed by atoms with Crippen LogP contribution in [0.5, 0.6) is 5.75 Å². The first-order valence-corrected chi connectivity index (χ1v) is 6.55. The van der Waals surface area contributed by atoms with Crippen LogP contribution in [0.1, 0.15) is 32.8 Å². The van der Waals surface area contributed by atoms with Crippen molar-refractivity contribution in [3.63, 3.8) is 0 Å². The van der Waals surface area contributed by atoms with Crippen molar-refractivity contribution in [2.24, 2.45) is 5.41 Å². The zero-order chi connectivity index (χ0) is 14.5. The summed E-state index contributed by atoms with van der Waals surface area (Å²) in [6, 6.07) is 4.99. The van der Waals surface area contributed by atoms with E-state index in [0.717, 1.165) is 0 Å². The van der Waals surface area contributed by atoms with E-state index in [4.69, 9.17) is 9.84 Å². The highest BCUT2D eigenvalue weighted by Crippen LogP contribution is 2.23. The molecule has 0 saturated heterocycles. The maximum Gasteiger partial charge on any atom is 0.131 e. The molecule has 0 saturated carbocycles. The topological polar surface area (TPSA) is 41.5 Å². The van der Waals surface area contributed by atoms with Gasteiger partial charge in [-0.2, -0.15) is 0 Å². The quantitative estimate of drug-likeness (QED) is 0.834. The predicted molar refractivity (Wildman–Crippen MR) is 74.7 cm³/mol. The molecule has 108 valence electrons. The summed E-state index contributed by atoms with van der Waals surface area (Å²) in [6.07, 6.45) is 0.654. The SMILES string of the molecule is COc1ccc(CNC(CCO)C(C)(C)C)c(F)c1. The Bertz CT molecular complexity index is 402. The molecule has 0 aliphatic rings. The second-order valence-corrected chi connectivity index (χ2v) is 5.77. The number of halogens is 1. The smallest absolute Gasteiger partial charge is 0.131 e. The van der Waals surface area contributed by atoms with Gasteiger partial charge in [0.2, 0.25) is 0 Å². The first-order valence-electron chi connectivity index (χ1n) is 6.55. The molecule has 19 heavy (non-hydrogen) atoms. The van der Waals surface area contributed by atoms with Gasteiger partial charge in [0, 0.05) is 30.8 Å². The van der Waals surface area contributed by atoms with E-state index in [9.17, 15) is 4.39 Å². The van der Waals surface area contributed by atoms with Crippen LogP contribution in [-0.4, -0.2) is 24.9 Å². The molecule has 2 N–H and O–H groups in total. The van der Waals surface area contributed by atoms with Gasteiger partial charge >= 0.3 is 0 Å². The van der Waals surface area contributed by atoms with E-state index in [2.05, 4.69) is 26.1 Å². The third kappa shape index (κ3) is 4.80. The van der Waals surface area contributed by atoms with Gasteiger partial charge in [-0.15, -0.1) is 0 Å². The first kappa shape index (κ1) is 15.9. The molecule has 0 heterocycles. The lowest BCUT2D eigenvalue weighted by Crippen LogP contribution is -2.40. The molecule has 0 radical (unpaired) electrons. The van der Waals surface area contributed by atoms with Gasteiger partial charge in [0.1, 0.15) is 11.6 Å². The average molecular weight is 269 g/mol. The molecule has 1 aromatic rings. The Balaban J connectivity index is 2.69. The molecule has 0 spiro atoms. The molecule has 1 aromatic carbocycles. The number of nitrogens with one attached hydrogen (secondary N) is 1. The Morgan fingerprint density at radius 2 is 2.05 bits per heavy atom. The number of aliphatic hydroxyl groups is 1. The number of hydrogen-bond donors (Lipinski definition) is 2. The van der Waals surface area contributed by atoms with Gasteiger partial charge in [-0.05, 0) is 17.9 Å². The number of hydrogen-bond acceptors (Lipinski definition) is 3. The summed E-state index contributed by atoms with van der Waals surface area (Å²) >= 11 is 0. The van der Waals surface area contributed by atoms with Crippen molar-refractivity contribution in [2.75, 3.05) is 13.7 Å². The maximum absolute atomic E-state index is 13.8. The summed E-state index contributed by atoms with van der Waals surface area (Å²) in [5.41, 5.74) is 0.624. The summed E-state index contributed by atoms with van der Waals surface area (Å²) in [5, 5.41) is 12.4. The average Bonchev–Trinajstić information content (AvgIpc) is 2.34. The molecule has 1 unspecified atom stereocenters. The van der Waals surface area contributed by atoms with Crippen molar-refractivity contribution in [1.29, 1.82) is 0 Å². The Labute approximate surface area is 114 Å². The lowest BCUT2D eigenvalue weighted by Gasteiger charge is -2.31. The summed E-state index contributed by atoms with van der Waals surface area (Å²) in [4.78, 5) is 0. The van der Waals surface area contributed by atoms with Crippen LogP contribution in [0.15, 0.2) is 18.2 Å². The fourth-order valence-electron chi connectivity index (χ4n) is 2.00. The second kappa shape index (κ2) is 6.87. The van der Waals surface area contributed by atoms with Gasteiger partial charge < -0.3 is 15.2 Å². The van der Waals surface area contributed by atoms with Crippen molar-refractivity contribution in [1.82, 2.24) is 5.32 Å². The Hall–Kier alpha value is -1.13. The van der Waals surface area contributed by atoms with Crippen molar-refractivity contribution >= 4 is 0 Å². The van der Waals surface area contributed by atoms with Crippen LogP contribution in [0.3, 0.4) is 0 Å². The van der Waals surface area contributed by atoms with Crippen LogP contribution in [0, 0.1) is 11.2 Å². The Kier molecular flexibility index (Phi) is 5.76. The lowest BCUT2D eigenvalue weighted by atomic mass is 9.85. The fraction of sp³-hybridized carbons (Fsp3) is 0.600. The molecule has 4 heteroatoms. The lowest BCUT2D eigenvalue weighted by molar-refractivity contribution is 0.196. The molecule has 0 bridgehead atoms. The monoisotopic (exact) mass is 269 g/mol. The largest absolute Gasteiger partial charge is 0.497 e. The molecule has 1 atom stereocenters. The minimum atomic E-state index is -0.275. The van der Waals surface area contributed by atoms with E-state index in [1.54, 1.807) is 12.1 Å². The Morgan fingerprint density at radius 1 is 1.37 bits per heavy atom. The Morgan fingerprint density at radius 3 is 2.53 bits per heavy atom. The summed E-state index contributed by atoms with van der Waals surface area (Å²) in [7, 11) is 1.52. The summed E-state index contributed by atoms with van der Waals surface area (Å²) in [6.45, 7) is 6.87. The number of aliphatic hydroxyl groups excluding tert-OH is 1. The fourth-order valence-corrected chi connectivity index (χ4v) is 2.00. The summed E-state index contributed by atoms with van der Waals surface area (Å²) < 4.78 is 18.8. The van der Waals surface area contributed by atoms with Crippen molar-refractivity contribution in [3.8, 4) is 5.75 Å². The second-order valence-electron chi connectivity index (χ2n) is 5.77. The molecule has 1 rings (SSSR count). The van der Waals surface area contributed by atoms with Crippen LogP contribution in [0.4, 0.5) is 4.39 Å². The van der Waals surface area contributed by atoms with Gasteiger partial charge in [0.25, 0.3) is 0 Å². The highest BCUT2D eigenvalue weighted by Gasteiger charge is 2.23. The number of ether oxygens (including phenoxy) is 1. The molecular weight excluding hydrogens is 245 g/mol. The van der Waals surface area contributed by atoms with Crippen LogP contribution >= 0.6 is 0 Å². The normalized spacial score (nSPS) is 13.4. The third-order valence-corrected chi connectivity index (χ3v) is 3.26. The van der Waals surface area contributed by atoms with Crippen LogP contribution < -0.4 is 10.1 Å². The van der Waals surface area contributed by atoms with E-state index in [1.807, 2.05) is 0 Å². The molecule has 0 aromatic heterocycles. The van der Waals surface area contributed by atoms with Gasteiger partial charge in [-0.25, -0.2) is 4.39 Å². The minimum Gasteiger partial charge on any atom is -0.497 e. The maximum atomic E-state index is 13.8. The first-order chi connectivity index (χ1) is 8.88. The van der Waals surface area contributed by atoms with Gasteiger partial charge in [0.15, 0.2) is 0 Å². The number of rotatable bonds is 6. The molecule has 3 nitrogen and oxygen atoms in total. The van der Waals surface area contributed by atoms with Crippen molar-refractivity contribution in [2.45, 2.75) is 39.8 Å². The third-order valence-electron chi connectivity index (χ3n) is 3.26. The van der Waals surface area contributed by atoms with E-state index < -0.39 is 0 Å². The molecule has 0 amide bonds. The standard InChI is InChI=1S/C15H24FNO2/c1-15(2,3)14(7-8-18)17-10-11-5-6-12(19-4)9-13(11)16/h5-6,9,14,17-18H,7-8,10H2,1-4H3. The van der Waals surface area contributed by atoms with E-state index >= 15 is 0 Å². The molecule has 0 aliphatic carbocycles. The van der Waals surface area contributed by atoms with Crippen molar-refractivity contribution in [3.05, 3.63) is 29.6 Å².